The maximum atomic E-state index is 13.9. The van der Waals surface area contributed by atoms with Gasteiger partial charge in [0.2, 0.25) is 5.91 Å². The van der Waals surface area contributed by atoms with Crippen LogP contribution in [0.15, 0.2) is 42.5 Å². The molecule has 1 fully saturated rings. The van der Waals surface area contributed by atoms with Crippen LogP contribution >= 0.6 is 0 Å². The van der Waals surface area contributed by atoms with Crippen molar-refractivity contribution >= 4 is 17.3 Å². The minimum Gasteiger partial charge on any atom is -0.494 e. The highest BCUT2D eigenvalue weighted by Crippen LogP contribution is 2.27. The average Bonchev–Trinajstić information content (AvgIpc) is 2.72. The number of hydrogen-bond donors (Lipinski definition) is 1. The Morgan fingerprint density at radius 3 is 2.68 bits per heavy atom. The standard InChI is InChI=1S/C22H26FN3O2/c23-19-4-1-2-5-21(19)26-13-11-25(12-14-26)10-3-15-28-18-7-8-20-17(16-18)6-9-22(27)24-20/h1-2,4-5,7-8,16H,3,6,9-15H2,(H,24,27). The van der Waals surface area contributed by atoms with Crippen molar-refractivity contribution in [2.45, 2.75) is 19.3 Å². The van der Waals surface area contributed by atoms with Crippen molar-refractivity contribution in [3.05, 3.63) is 53.8 Å². The van der Waals surface area contributed by atoms with Crippen molar-refractivity contribution in [2.24, 2.45) is 0 Å². The molecule has 28 heavy (non-hydrogen) atoms. The van der Waals surface area contributed by atoms with Crippen molar-refractivity contribution in [3.63, 3.8) is 0 Å². The lowest BCUT2D eigenvalue weighted by molar-refractivity contribution is -0.116. The third kappa shape index (κ3) is 4.44. The van der Waals surface area contributed by atoms with Crippen LogP contribution in [-0.2, 0) is 11.2 Å². The highest BCUT2D eigenvalue weighted by Gasteiger charge is 2.19. The highest BCUT2D eigenvalue weighted by molar-refractivity contribution is 5.93. The molecule has 5 nitrogen and oxygen atoms in total. The second-order valence-electron chi connectivity index (χ2n) is 7.35. The molecule has 0 unspecified atom stereocenters. The molecule has 148 valence electrons. The Kier molecular flexibility index (Phi) is 5.76. The molecule has 2 heterocycles. The summed E-state index contributed by atoms with van der Waals surface area (Å²) in [5.41, 5.74) is 2.74. The predicted molar refractivity (Wildman–Crippen MR) is 109 cm³/mol. The number of nitrogens with one attached hydrogen (secondary N) is 1. The molecule has 1 amide bonds. The fourth-order valence-corrected chi connectivity index (χ4v) is 3.85. The lowest BCUT2D eigenvalue weighted by Crippen LogP contribution is -2.47. The summed E-state index contributed by atoms with van der Waals surface area (Å²) in [5.74, 6) is 0.796. The van der Waals surface area contributed by atoms with Crippen molar-refractivity contribution in [1.29, 1.82) is 0 Å². The van der Waals surface area contributed by atoms with Gasteiger partial charge in [0, 0.05) is 44.8 Å². The van der Waals surface area contributed by atoms with E-state index in [1.165, 1.54) is 6.07 Å². The van der Waals surface area contributed by atoms with E-state index in [0.717, 1.165) is 62.6 Å². The SMILES string of the molecule is O=C1CCc2cc(OCCCN3CCN(c4ccccc4F)CC3)ccc2N1. The quantitative estimate of drug-likeness (QED) is 0.778. The summed E-state index contributed by atoms with van der Waals surface area (Å²) >= 11 is 0. The van der Waals surface area contributed by atoms with Gasteiger partial charge in [-0.15, -0.1) is 0 Å². The van der Waals surface area contributed by atoms with Crippen LogP contribution in [0, 0.1) is 5.82 Å². The number of para-hydroxylation sites is 1. The molecular weight excluding hydrogens is 357 g/mol. The first-order valence-corrected chi connectivity index (χ1v) is 9.96. The van der Waals surface area contributed by atoms with Gasteiger partial charge in [-0.3, -0.25) is 9.69 Å². The number of carbonyl (C=O) groups is 1. The fourth-order valence-electron chi connectivity index (χ4n) is 3.85. The number of nitrogens with zero attached hydrogens (tertiary/aromatic N) is 2. The van der Waals surface area contributed by atoms with Crippen LogP contribution in [0.3, 0.4) is 0 Å². The minimum atomic E-state index is -0.144. The maximum Gasteiger partial charge on any atom is 0.224 e. The molecule has 1 saturated heterocycles. The van der Waals surface area contributed by atoms with Gasteiger partial charge in [-0.25, -0.2) is 4.39 Å². The first-order valence-electron chi connectivity index (χ1n) is 9.96. The van der Waals surface area contributed by atoms with E-state index >= 15 is 0 Å². The third-order valence-corrected chi connectivity index (χ3v) is 5.43. The van der Waals surface area contributed by atoms with Crippen molar-refractivity contribution in [2.75, 3.05) is 49.5 Å². The highest BCUT2D eigenvalue weighted by atomic mass is 19.1. The van der Waals surface area contributed by atoms with Crippen LogP contribution in [0.25, 0.3) is 0 Å². The number of piperazine rings is 1. The van der Waals surface area contributed by atoms with Gasteiger partial charge in [0.25, 0.3) is 0 Å². The van der Waals surface area contributed by atoms with E-state index in [1.54, 1.807) is 6.07 Å². The van der Waals surface area contributed by atoms with Gasteiger partial charge in [0.05, 0.1) is 12.3 Å². The van der Waals surface area contributed by atoms with E-state index in [0.29, 0.717) is 18.7 Å². The van der Waals surface area contributed by atoms with Gasteiger partial charge in [-0.1, -0.05) is 12.1 Å². The number of halogens is 1. The maximum absolute atomic E-state index is 13.9. The first kappa shape index (κ1) is 18.7. The zero-order valence-electron chi connectivity index (χ0n) is 16.0. The van der Waals surface area contributed by atoms with Gasteiger partial charge in [0.15, 0.2) is 0 Å². The van der Waals surface area contributed by atoms with Crippen LogP contribution in [0.2, 0.25) is 0 Å². The number of benzene rings is 2. The van der Waals surface area contributed by atoms with Gasteiger partial charge >= 0.3 is 0 Å². The smallest absolute Gasteiger partial charge is 0.224 e. The molecule has 0 saturated carbocycles. The lowest BCUT2D eigenvalue weighted by Gasteiger charge is -2.36. The first-order chi connectivity index (χ1) is 13.7. The molecule has 2 aromatic carbocycles. The number of hydrogen-bond acceptors (Lipinski definition) is 4. The van der Waals surface area contributed by atoms with E-state index in [1.807, 2.05) is 30.3 Å². The van der Waals surface area contributed by atoms with Crippen molar-refractivity contribution < 1.29 is 13.9 Å². The van der Waals surface area contributed by atoms with Crippen LogP contribution in [-0.4, -0.2) is 50.1 Å². The van der Waals surface area contributed by atoms with Crippen LogP contribution in [0.5, 0.6) is 5.75 Å². The molecular formula is C22H26FN3O2. The molecule has 0 spiro atoms. The second kappa shape index (κ2) is 8.61. The Morgan fingerprint density at radius 2 is 1.86 bits per heavy atom. The molecule has 4 rings (SSSR count). The number of carbonyl (C=O) groups excluding carboxylic acids is 1. The monoisotopic (exact) mass is 383 g/mol. The Hall–Kier alpha value is -2.60. The van der Waals surface area contributed by atoms with E-state index in [2.05, 4.69) is 15.1 Å². The fraction of sp³-hybridized carbons (Fsp3) is 0.409. The van der Waals surface area contributed by atoms with Gasteiger partial charge in [0.1, 0.15) is 11.6 Å². The lowest BCUT2D eigenvalue weighted by atomic mass is 10.0. The summed E-state index contributed by atoms with van der Waals surface area (Å²) in [4.78, 5) is 15.9. The summed E-state index contributed by atoms with van der Waals surface area (Å²) in [5, 5.41) is 2.89. The Labute approximate surface area is 165 Å². The van der Waals surface area contributed by atoms with Crippen molar-refractivity contribution in [3.8, 4) is 5.75 Å². The zero-order chi connectivity index (χ0) is 19.3. The molecule has 0 bridgehead atoms. The number of amides is 1. The van der Waals surface area contributed by atoms with Crippen LogP contribution in [0.4, 0.5) is 15.8 Å². The summed E-state index contributed by atoms with van der Waals surface area (Å²) in [7, 11) is 0. The number of anilines is 2. The second-order valence-corrected chi connectivity index (χ2v) is 7.35. The van der Waals surface area contributed by atoms with E-state index in [-0.39, 0.29) is 11.7 Å². The predicted octanol–water partition coefficient (Wildman–Crippen LogP) is 3.30. The largest absolute Gasteiger partial charge is 0.494 e. The molecule has 0 radical (unpaired) electrons. The summed E-state index contributed by atoms with van der Waals surface area (Å²) < 4.78 is 19.8. The Bertz CT molecular complexity index is 834. The third-order valence-electron chi connectivity index (χ3n) is 5.43. The molecule has 0 atom stereocenters. The summed E-state index contributed by atoms with van der Waals surface area (Å²) in [6, 6.07) is 12.9. The number of fused-ring (bicyclic) bond motifs is 1. The Morgan fingerprint density at radius 1 is 1.04 bits per heavy atom. The summed E-state index contributed by atoms with van der Waals surface area (Å²) in [6.07, 6.45) is 2.26. The van der Waals surface area contributed by atoms with Gasteiger partial charge in [-0.2, -0.15) is 0 Å². The van der Waals surface area contributed by atoms with E-state index in [9.17, 15) is 9.18 Å². The molecule has 1 N–H and O–H groups in total. The molecule has 6 heteroatoms. The van der Waals surface area contributed by atoms with Gasteiger partial charge < -0.3 is 15.0 Å². The Balaban J connectivity index is 1.19. The molecule has 2 aliphatic heterocycles. The molecule has 0 aliphatic carbocycles. The van der Waals surface area contributed by atoms with Crippen molar-refractivity contribution in [1.82, 2.24) is 4.90 Å². The van der Waals surface area contributed by atoms with E-state index in [4.69, 9.17) is 4.74 Å². The topological polar surface area (TPSA) is 44.8 Å². The summed E-state index contributed by atoms with van der Waals surface area (Å²) in [6.45, 7) is 5.21. The zero-order valence-corrected chi connectivity index (χ0v) is 16.0. The van der Waals surface area contributed by atoms with Gasteiger partial charge in [-0.05, 0) is 48.7 Å². The number of aryl methyl sites for hydroxylation is 1. The number of ether oxygens (including phenoxy) is 1. The molecule has 2 aliphatic rings. The molecule has 2 aromatic rings. The van der Waals surface area contributed by atoms with Crippen LogP contribution < -0.4 is 15.0 Å². The molecule has 0 aromatic heterocycles. The van der Waals surface area contributed by atoms with E-state index < -0.39 is 0 Å². The van der Waals surface area contributed by atoms with Crippen LogP contribution in [0.1, 0.15) is 18.4 Å². The number of rotatable bonds is 6. The normalized spacial score (nSPS) is 17.2. The minimum absolute atomic E-state index is 0.0799. The average molecular weight is 383 g/mol.